The third-order valence-electron chi connectivity index (χ3n) is 4.14. The zero-order valence-electron chi connectivity index (χ0n) is 13.0. The van der Waals surface area contributed by atoms with E-state index >= 15 is 0 Å². The number of amides is 1. The maximum Gasteiger partial charge on any atom is 0.242 e. The fourth-order valence-electron chi connectivity index (χ4n) is 2.80. The van der Waals surface area contributed by atoms with E-state index in [2.05, 4.69) is 10.4 Å². The molecular formula is C15H26N4OS. The molecule has 1 aromatic heterocycles. The van der Waals surface area contributed by atoms with Crippen molar-refractivity contribution in [1.29, 1.82) is 0 Å². The van der Waals surface area contributed by atoms with Crippen molar-refractivity contribution in [2.45, 2.75) is 50.5 Å². The van der Waals surface area contributed by atoms with Gasteiger partial charge in [0.2, 0.25) is 5.91 Å². The molecule has 0 saturated heterocycles. The molecule has 2 rings (SSSR count). The van der Waals surface area contributed by atoms with Crippen LogP contribution in [-0.4, -0.2) is 33.7 Å². The van der Waals surface area contributed by atoms with Crippen molar-refractivity contribution in [3.63, 3.8) is 0 Å². The van der Waals surface area contributed by atoms with Gasteiger partial charge in [-0.1, -0.05) is 19.3 Å². The van der Waals surface area contributed by atoms with Gasteiger partial charge in [0, 0.05) is 19.0 Å². The van der Waals surface area contributed by atoms with Crippen molar-refractivity contribution in [2.75, 3.05) is 17.3 Å². The molecule has 1 amide bonds. The normalized spacial score (nSPS) is 17.7. The van der Waals surface area contributed by atoms with Gasteiger partial charge in [-0.2, -0.15) is 16.9 Å². The van der Waals surface area contributed by atoms with Crippen molar-refractivity contribution in [3.05, 3.63) is 11.8 Å². The first-order valence-electron chi connectivity index (χ1n) is 7.71. The van der Waals surface area contributed by atoms with Crippen molar-refractivity contribution in [3.8, 4) is 0 Å². The van der Waals surface area contributed by atoms with Gasteiger partial charge in [-0.25, -0.2) is 0 Å². The Kier molecular flexibility index (Phi) is 6.11. The summed E-state index contributed by atoms with van der Waals surface area (Å²) in [6.45, 7) is 0. The highest BCUT2D eigenvalue weighted by molar-refractivity contribution is 7.98. The summed E-state index contributed by atoms with van der Waals surface area (Å²) in [6.07, 6.45) is 9.01. The topological polar surface area (TPSA) is 72.9 Å². The van der Waals surface area contributed by atoms with Gasteiger partial charge in [-0.3, -0.25) is 9.48 Å². The number of hydrogen-bond donors (Lipinski definition) is 2. The number of carbonyl (C=O) groups excluding carboxylic acids is 1. The van der Waals surface area contributed by atoms with Crippen LogP contribution in [0.2, 0.25) is 0 Å². The Morgan fingerprint density at radius 1 is 1.52 bits per heavy atom. The molecule has 0 radical (unpaired) electrons. The van der Waals surface area contributed by atoms with Crippen LogP contribution in [0.5, 0.6) is 0 Å². The van der Waals surface area contributed by atoms with Gasteiger partial charge in [0.1, 0.15) is 5.82 Å². The maximum absolute atomic E-state index is 12.1. The molecule has 0 aromatic carbocycles. The van der Waals surface area contributed by atoms with Crippen LogP contribution in [0.4, 0.5) is 5.82 Å². The summed E-state index contributed by atoms with van der Waals surface area (Å²) in [4.78, 5) is 12.1. The molecule has 0 spiro atoms. The van der Waals surface area contributed by atoms with Crippen molar-refractivity contribution in [1.82, 2.24) is 9.78 Å². The second-order valence-electron chi connectivity index (χ2n) is 5.79. The van der Waals surface area contributed by atoms with Gasteiger partial charge in [0.15, 0.2) is 0 Å². The summed E-state index contributed by atoms with van der Waals surface area (Å²) in [5.41, 5.74) is 7.00. The van der Waals surface area contributed by atoms with Crippen LogP contribution in [0.25, 0.3) is 0 Å². The quantitative estimate of drug-likeness (QED) is 0.846. The first kappa shape index (κ1) is 16.4. The largest absolute Gasteiger partial charge is 0.320 e. The summed E-state index contributed by atoms with van der Waals surface area (Å²) >= 11 is 1.70. The van der Waals surface area contributed by atoms with Crippen molar-refractivity contribution >= 4 is 23.5 Å². The lowest BCUT2D eigenvalue weighted by atomic mass is 9.87. The Bertz CT molecular complexity index is 468. The first-order valence-corrected chi connectivity index (χ1v) is 9.10. The number of nitrogens with one attached hydrogen (secondary N) is 1. The number of thioether (sulfide) groups is 1. The molecule has 1 saturated carbocycles. The van der Waals surface area contributed by atoms with Crippen molar-refractivity contribution < 1.29 is 4.79 Å². The highest BCUT2D eigenvalue weighted by Crippen LogP contribution is 2.32. The predicted molar refractivity (Wildman–Crippen MR) is 88.6 cm³/mol. The van der Waals surface area contributed by atoms with E-state index in [1.807, 2.05) is 19.4 Å². The molecule has 1 aromatic rings. The SMILES string of the molecule is CSCC[C@H](N)C(=O)Nc1cc(C2CCCCC2)nn1C. The van der Waals surface area contributed by atoms with Crippen LogP contribution in [0.15, 0.2) is 6.07 Å². The van der Waals surface area contributed by atoms with Crippen LogP contribution < -0.4 is 11.1 Å². The number of nitrogens with two attached hydrogens (primary N) is 1. The number of aryl methyl sites for hydroxylation is 1. The van der Waals surface area contributed by atoms with E-state index in [1.54, 1.807) is 16.4 Å². The third kappa shape index (κ3) is 4.48. The summed E-state index contributed by atoms with van der Waals surface area (Å²) < 4.78 is 1.75. The minimum Gasteiger partial charge on any atom is -0.320 e. The minimum atomic E-state index is -0.453. The molecule has 21 heavy (non-hydrogen) atoms. The number of nitrogens with zero attached hydrogens (tertiary/aromatic N) is 2. The number of aromatic nitrogens is 2. The molecule has 1 fully saturated rings. The molecule has 118 valence electrons. The fourth-order valence-corrected chi connectivity index (χ4v) is 3.29. The first-order chi connectivity index (χ1) is 10.1. The van der Waals surface area contributed by atoms with Crippen LogP contribution in [0.3, 0.4) is 0 Å². The molecule has 1 aliphatic carbocycles. The molecule has 1 heterocycles. The summed E-state index contributed by atoms with van der Waals surface area (Å²) in [5.74, 6) is 2.07. The minimum absolute atomic E-state index is 0.123. The average molecular weight is 310 g/mol. The standard InChI is InChI=1S/C15H26N4OS/c1-19-14(17-15(20)12(16)8-9-21-2)10-13(18-19)11-6-4-3-5-7-11/h10-12H,3-9,16H2,1-2H3,(H,17,20)/t12-/m0/s1. The summed E-state index contributed by atoms with van der Waals surface area (Å²) in [7, 11) is 1.87. The van der Waals surface area contributed by atoms with Crippen molar-refractivity contribution in [2.24, 2.45) is 12.8 Å². The lowest BCUT2D eigenvalue weighted by molar-refractivity contribution is -0.117. The zero-order valence-corrected chi connectivity index (χ0v) is 13.8. The predicted octanol–water partition coefficient (Wildman–Crippen LogP) is 2.49. The van der Waals surface area contributed by atoms with E-state index in [-0.39, 0.29) is 5.91 Å². The van der Waals surface area contributed by atoms with Crippen LogP contribution in [0.1, 0.15) is 50.1 Å². The molecule has 0 unspecified atom stereocenters. The number of hydrogen-bond acceptors (Lipinski definition) is 4. The Labute approximate surface area is 131 Å². The van der Waals surface area contributed by atoms with E-state index in [4.69, 9.17) is 5.73 Å². The molecule has 0 bridgehead atoms. The molecule has 6 heteroatoms. The Morgan fingerprint density at radius 3 is 2.90 bits per heavy atom. The maximum atomic E-state index is 12.1. The molecule has 3 N–H and O–H groups in total. The molecule has 0 aliphatic heterocycles. The van der Waals surface area contributed by atoms with Crippen LogP contribution in [-0.2, 0) is 11.8 Å². The summed E-state index contributed by atoms with van der Waals surface area (Å²) in [6, 6.07) is 1.56. The van der Waals surface area contributed by atoms with Gasteiger partial charge in [-0.15, -0.1) is 0 Å². The fraction of sp³-hybridized carbons (Fsp3) is 0.733. The molecule has 1 atom stereocenters. The van der Waals surface area contributed by atoms with Gasteiger partial charge >= 0.3 is 0 Å². The van der Waals surface area contributed by atoms with Crippen LogP contribution >= 0.6 is 11.8 Å². The second kappa shape index (κ2) is 7.84. The Hall–Kier alpha value is -1.01. The van der Waals surface area contributed by atoms with E-state index < -0.39 is 6.04 Å². The highest BCUT2D eigenvalue weighted by atomic mass is 32.2. The van der Waals surface area contributed by atoms with E-state index in [9.17, 15) is 4.79 Å². The van der Waals surface area contributed by atoms with Gasteiger partial charge in [0.05, 0.1) is 11.7 Å². The molecular weight excluding hydrogens is 284 g/mol. The third-order valence-corrected chi connectivity index (χ3v) is 4.79. The monoisotopic (exact) mass is 310 g/mol. The van der Waals surface area contributed by atoms with E-state index in [0.717, 1.165) is 17.3 Å². The van der Waals surface area contributed by atoms with E-state index in [1.165, 1.54) is 32.1 Å². The number of carbonyl (C=O) groups is 1. The number of anilines is 1. The van der Waals surface area contributed by atoms with E-state index in [0.29, 0.717) is 12.3 Å². The highest BCUT2D eigenvalue weighted by Gasteiger charge is 2.21. The zero-order chi connectivity index (χ0) is 15.2. The smallest absolute Gasteiger partial charge is 0.242 e. The number of rotatable bonds is 6. The van der Waals surface area contributed by atoms with Gasteiger partial charge < -0.3 is 11.1 Å². The van der Waals surface area contributed by atoms with Gasteiger partial charge in [0.25, 0.3) is 0 Å². The lowest BCUT2D eigenvalue weighted by Gasteiger charge is -2.19. The molecule has 5 nitrogen and oxygen atoms in total. The van der Waals surface area contributed by atoms with Crippen LogP contribution in [0, 0.1) is 0 Å². The average Bonchev–Trinajstić information content (AvgIpc) is 2.86. The lowest BCUT2D eigenvalue weighted by Crippen LogP contribution is -2.36. The Morgan fingerprint density at radius 2 is 2.24 bits per heavy atom. The van der Waals surface area contributed by atoms with Gasteiger partial charge in [-0.05, 0) is 31.3 Å². The summed E-state index contributed by atoms with van der Waals surface area (Å²) in [5, 5.41) is 7.47. The second-order valence-corrected chi connectivity index (χ2v) is 6.78. The molecule has 1 aliphatic rings. The Balaban J connectivity index is 1.96.